The van der Waals surface area contributed by atoms with Gasteiger partial charge in [0.2, 0.25) is 10.0 Å². The van der Waals surface area contributed by atoms with Crippen LogP contribution in [-0.2, 0) is 23.1 Å². The van der Waals surface area contributed by atoms with Gasteiger partial charge in [-0.3, -0.25) is 0 Å². The highest BCUT2D eigenvalue weighted by molar-refractivity contribution is 7.89. The maximum atomic E-state index is 13.2. The summed E-state index contributed by atoms with van der Waals surface area (Å²) < 4.78 is 35.4. The van der Waals surface area contributed by atoms with E-state index in [4.69, 9.17) is 21.4 Å². The summed E-state index contributed by atoms with van der Waals surface area (Å²) in [5.74, 6) is 0.703. The Balaban J connectivity index is 1.61. The quantitative estimate of drug-likeness (QED) is 0.552. The van der Waals surface area contributed by atoms with Gasteiger partial charge in [0, 0.05) is 22.7 Å². The van der Waals surface area contributed by atoms with E-state index in [2.05, 4.69) is 0 Å². The van der Waals surface area contributed by atoms with Crippen molar-refractivity contribution < 1.29 is 13.2 Å². The zero-order valence-electron chi connectivity index (χ0n) is 17.3. The molecular formula is C23H24ClN3O3S. The summed E-state index contributed by atoms with van der Waals surface area (Å²) in [6.07, 6.45) is 3.47. The van der Waals surface area contributed by atoms with Crippen molar-refractivity contribution in [1.82, 2.24) is 14.1 Å². The smallest absolute Gasteiger partial charge is 0.217 e. The minimum atomic E-state index is -3.33. The van der Waals surface area contributed by atoms with E-state index in [1.165, 1.54) is 0 Å². The molecule has 0 unspecified atom stereocenters. The molecule has 162 valence electrons. The van der Waals surface area contributed by atoms with E-state index in [0.717, 1.165) is 53.9 Å². The van der Waals surface area contributed by atoms with Crippen LogP contribution < -0.4 is 4.74 Å². The third kappa shape index (κ3) is 3.54. The van der Waals surface area contributed by atoms with Gasteiger partial charge in [0.1, 0.15) is 11.4 Å². The summed E-state index contributed by atoms with van der Waals surface area (Å²) in [5, 5.41) is 5.24. The molecule has 0 bridgehead atoms. The van der Waals surface area contributed by atoms with E-state index in [1.807, 2.05) is 53.2 Å². The zero-order valence-corrected chi connectivity index (χ0v) is 18.9. The maximum absolute atomic E-state index is 13.2. The molecule has 0 atom stereocenters. The van der Waals surface area contributed by atoms with Gasteiger partial charge in [0.25, 0.3) is 0 Å². The zero-order chi connectivity index (χ0) is 21.6. The van der Waals surface area contributed by atoms with Crippen LogP contribution in [0.5, 0.6) is 5.75 Å². The van der Waals surface area contributed by atoms with Gasteiger partial charge in [0.15, 0.2) is 0 Å². The lowest BCUT2D eigenvalue weighted by atomic mass is 10.1. The summed E-state index contributed by atoms with van der Waals surface area (Å²) in [7, 11) is -1.70. The minimum absolute atomic E-state index is 0.267. The number of methoxy groups -OCH3 is 1. The topological polar surface area (TPSA) is 64.4 Å². The Kier molecular flexibility index (Phi) is 5.28. The first-order valence-electron chi connectivity index (χ1n) is 10.5. The molecule has 1 aliphatic heterocycles. The van der Waals surface area contributed by atoms with Crippen molar-refractivity contribution >= 4 is 21.6 Å². The molecule has 2 heterocycles. The van der Waals surface area contributed by atoms with Gasteiger partial charge >= 0.3 is 0 Å². The fraction of sp³-hybridized carbons (Fsp3) is 0.348. The minimum Gasteiger partial charge on any atom is -0.494 e. The summed E-state index contributed by atoms with van der Waals surface area (Å²) in [4.78, 5) is 0. The molecule has 1 aliphatic carbocycles. The van der Waals surface area contributed by atoms with Gasteiger partial charge in [-0.05, 0) is 37.1 Å². The Morgan fingerprint density at radius 3 is 2.45 bits per heavy atom. The summed E-state index contributed by atoms with van der Waals surface area (Å²) in [5.41, 5.74) is 4.35. The Morgan fingerprint density at radius 2 is 1.74 bits per heavy atom. The molecule has 0 amide bonds. The standard InChI is InChI=1S/C23H24ClN3O3S/c1-30-22-9-5-4-8-21(22)27-23(16-10-12-17(24)13-11-16)19-14-26(15-20(19)25-27)31(28,29)18-6-2-3-7-18/h4-5,8-13,18H,2-3,6-7,14-15H2,1H3. The van der Waals surface area contributed by atoms with Crippen molar-refractivity contribution in [2.45, 2.75) is 44.0 Å². The first kappa shape index (κ1) is 20.5. The fourth-order valence-electron chi connectivity index (χ4n) is 4.65. The molecular weight excluding hydrogens is 434 g/mol. The van der Waals surface area contributed by atoms with E-state index in [0.29, 0.717) is 23.9 Å². The van der Waals surface area contributed by atoms with Crippen LogP contribution in [0.2, 0.25) is 5.02 Å². The second kappa shape index (κ2) is 7.97. The van der Waals surface area contributed by atoms with Gasteiger partial charge in [-0.1, -0.05) is 48.7 Å². The van der Waals surface area contributed by atoms with Gasteiger partial charge in [-0.15, -0.1) is 0 Å². The van der Waals surface area contributed by atoms with Crippen LogP contribution in [-0.4, -0.2) is 34.9 Å². The average Bonchev–Trinajstić information content (AvgIpc) is 3.51. The van der Waals surface area contributed by atoms with Crippen molar-refractivity contribution in [2.24, 2.45) is 0 Å². The van der Waals surface area contributed by atoms with Crippen molar-refractivity contribution in [1.29, 1.82) is 0 Å². The van der Waals surface area contributed by atoms with E-state index in [9.17, 15) is 8.42 Å². The van der Waals surface area contributed by atoms with E-state index in [1.54, 1.807) is 11.4 Å². The molecule has 31 heavy (non-hydrogen) atoms. The number of aromatic nitrogens is 2. The van der Waals surface area contributed by atoms with Crippen LogP contribution in [0.4, 0.5) is 0 Å². The van der Waals surface area contributed by atoms with Crippen LogP contribution in [0.25, 0.3) is 16.9 Å². The van der Waals surface area contributed by atoms with E-state index >= 15 is 0 Å². The van der Waals surface area contributed by atoms with Gasteiger partial charge in [-0.2, -0.15) is 9.40 Å². The third-order valence-electron chi connectivity index (χ3n) is 6.24. The summed E-state index contributed by atoms with van der Waals surface area (Å²) >= 11 is 6.12. The molecule has 3 aromatic rings. The normalized spacial score (nSPS) is 17.2. The number of halogens is 1. The molecule has 0 spiro atoms. The van der Waals surface area contributed by atoms with E-state index < -0.39 is 10.0 Å². The monoisotopic (exact) mass is 457 g/mol. The number of fused-ring (bicyclic) bond motifs is 1. The van der Waals surface area contributed by atoms with Crippen molar-refractivity contribution in [2.75, 3.05) is 7.11 Å². The second-order valence-electron chi connectivity index (χ2n) is 8.08. The van der Waals surface area contributed by atoms with E-state index in [-0.39, 0.29) is 5.25 Å². The van der Waals surface area contributed by atoms with Crippen LogP contribution in [0, 0.1) is 0 Å². The fourth-order valence-corrected chi connectivity index (χ4v) is 6.74. The molecule has 5 rings (SSSR count). The highest BCUT2D eigenvalue weighted by atomic mass is 35.5. The van der Waals surface area contributed by atoms with Gasteiger partial charge in [0.05, 0.1) is 30.3 Å². The molecule has 0 radical (unpaired) electrons. The lowest BCUT2D eigenvalue weighted by Crippen LogP contribution is -2.34. The molecule has 0 saturated heterocycles. The molecule has 1 saturated carbocycles. The van der Waals surface area contributed by atoms with Crippen molar-refractivity contribution in [3.05, 3.63) is 64.8 Å². The molecule has 1 aromatic heterocycles. The predicted octanol–water partition coefficient (Wildman–Crippen LogP) is 4.79. The van der Waals surface area contributed by atoms with Crippen LogP contribution in [0.3, 0.4) is 0 Å². The lowest BCUT2D eigenvalue weighted by Gasteiger charge is -2.21. The average molecular weight is 458 g/mol. The maximum Gasteiger partial charge on any atom is 0.217 e. The van der Waals surface area contributed by atoms with Crippen molar-refractivity contribution in [3.8, 4) is 22.7 Å². The number of hydrogen-bond acceptors (Lipinski definition) is 4. The molecule has 2 aromatic carbocycles. The molecule has 1 fully saturated rings. The van der Waals surface area contributed by atoms with Crippen LogP contribution >= 0.6 is 11.6 Å². The Morgan fingerprint density at radius 1 is 1.03 bits per heavy atom. The van der Waals surface area contributed by atoms with Gasteiger partial charge in [-0.25, -0.2) is 13.1 Å². The second-order valence-corrected chi connectivity index (χ2v) is 10.7. The summed E-state index contributed by atoms with van der Waals surface area (Å²) in [6.45, 7) is 0.637. The Hall–Kier alpha value is -2.35. The number of benzene rings is 2. The number of nitrogens with zero attached hydrogens (tertiary/aromatic N) is 3. The largest absolute Gasteiger partial charge is 0.494 e. The molecule has 2 aliphatic rings. The van der Waals surface area contributed by atoms with Crippen LogP contribution in [0.1, 0.15) is 36.9 Å². The lowest BCUT2D eigenvalue weighted by molar-refractivity contribution is 0.408. The van der Waals surface area contributed by atoms with Gasteiger partial charge < -0.3 is 4.74 Å². The molecule has 0 N–H and O–H groups in total. The Labute approximate surface area is 187 Å². The highest BCUT2D eigenvalue weighted by Gasteiger charge is 2.40. The third-order valence-corrected chi connectivity index (χ3v) is 8.79. The SMILES string of the molecule is COc1ccccc1-n1nc2c(c1-c1ccc(Cl)cc1)CN(S(=O)(=O)C1CCCC1)C2. The number of para-hydroxylation sites is 2. The summed E-state index contributed by atoms with van der Waals surface area (Å²) in [6, 6.07) is 15.3. The first-order valence-corrected chi connectivity index (χ1v) is 12.4. The Bertz CT molecular complexity index is 1220. The van der Waals surface area contributed by atoms with Crippen molar-refractivity contribution in [3.63, 3.8) is 0 Å². The number of ether oxygens (including phenoxy) is 1. The molecule has 6 nitrogen and oxygen atoms in total. The predicted molar refractivity (Wildman–Crippen MR) is 121 cm³/mol. The van der Waals surface area contributed by atoms with Crippen LogP contribution in [0.15, 0.2) is 48.5 Å². The first-order chi connectivity index (χ1) is 15.0. The molecule has 8 heteroatoms. The number of hydrogen-bond donors (Lipinski definition) is 0. The number of rotatable bonds is 5. The highest BCUT2D eigenvalue weighted by Crippen LogP contribution is 2.39. The number of sulfonamides is 1.